The first-order valence-corrected chi connectivity index (χ1v) is 15.4. The fraction of sp³-hybridized carbons (Fsp3) is 0.147. The van der Waals surface area contributed by atoms with Crippen molar-refractivity contribution in [3.8, 4) is 34.0 Å². The monoisotopic (exact) mass is 624 g/mol. The molecule has 0 radical (unpaired) electrons. The summed E-state index contributed by atoms with van der Waals surface area (Å²) in [4.78, 5) is 21.5. The Morgan fingerprint density at radius 3 is 1.78 bits per heavy atom. The zero-order valence-electron chi connectivity index (χ0n) is 24.9. The zero-order valence-corrected chi connectivity index (χ0v) is 25.7. The summed E-state index contributed by atoms with van der Waals surface area (Å²) >= 11 is 0. The number of ether oxygens (including phenoxy) is 2. The van der Waals surface area contributed by atoms with Gasteiger partial charge in [-0.25, -0.2) is 18.4 Å². The van der Waals surface area contributed by atoms with Crippen molar-refractivity contribution in [3.05, 3.63) is 115 Å². The Morgan fingerprint density at radius 2 is 1.31 bits per heavy atom. The molecule has 0 aliphatic rings. The van der Waals surface area contributed by atoms with Crippen LogP contribution in [0.3, 0.4) is 0 Å². The highest BCUT2D eigenvalue weighted by molar-refractivity contribution is 7.89. The van der Waals surface area contributed by atoms with E-state index in [0.29, 0.717) is 23.0 Å². The quantitative estimate of drug-likeness (QED) is 0.175. The molecular weight excluding hydrogens is 592 g/mol. The Labute approximate surface area is 262 Å². The van der Waals surface area contributed by atoms with Gasteiger partial charge in [-0.3, -0.25) is 4.79 Å². The molecule has 0 aliphatic heterocycles. The zero-order chi connectivity index (χ0) is 32.0. The van der Waals surface area contributed by atoms with Crippen molar-refractivity contribution in [2.24, 2.45) is 0 Å². The van der Waals surface area contributed by atoms with Gasteiger partial charge in [0.1, 0.15) is 17.5 Å². The number of methoxy groups -OCH3 is 2. The van der Waals surface area contributed by atoms with Crippen molar-refractivity contribution in [2.45, 2.75) is 17.4 Å². The van der Waals surface area contributed by atoms with Gasteiger partial charge in [0.25, 0.3) is 0 Å². The molecule has 0 aliphatic carbocycles. The molecule has 11 heteroatoms. The van der Waals surface area contributed by atoms with E-state index in [-0.39, 0.29) is 11.3 Å². The Morgan fingerprint density at radius 1 is 0.800 bits per heavy atom. The smallest absolute Gasteiger partial charge is 0.322 e. The van der Waals surface area contributed by atoms with Gasteiger partial charge in [0.05, 0.1) is 30.5 Å². The van der Waals surface area contributed by atoms with Crippen LogP contribution in [0.15, 0.2) is 114 Å². The Balaban J connectivity index is 1.42. The number of sulfonamides is 1. The van der Waals surface area contributed by atoms with Gasteiger partial charge >= 0.3 is 5.97 Å². The fourth-order valence-electron chi connectivity index (χ4n) is 4.70. The van der Waals surface area contributed by atoms with Gasteiger partial charge in [-0.2, -0.15) is 4.31 Å². The molecule has 5 rings (SSSR count). The third kappa shape index (κ3) is 7.28. The van der Waals surface area contributed by atoms with E-state index in [2.05, 4.69) is 5.32 Å². The van der Waals surface area contributed by atoms with Crippen molar-refractivity contribution in [3.63, 3.8) is 0 Å². The largest absolute Gasteiger partial charge is 0.497 e. The van der Waals surface area contributed by atoms with E-state index in [0.717, 1.165) is 32.5 Å². The lowest BCUT2D eigenvalue weighted by Gasteiger charge is -2.24. The molecule has 0 amide bonds. The van der Waals surface area contributed by atoms with Crippen LogP contribution in [0.25, 0.3) is 22.5 Å². The lowest BCUT2D eigenvalue weighted by Crippen LogP contribution is -2.43. The molecule has 0 spiro atoms. The number of carbonyl (C=O) groups is 1. The van der Waals surface area contributed by atoms with E-state index < -0.39 is 22.0 Å². The molecule has 0 saturated heterocycles. The van der Waals surface area contributed by atoms with Crippen molar-refractivity contribution >= 4 is 27.6 Å². The maximum absolute atomic E-state index is 13.4. The van der Waals surface area contributed by atoms with Crippen LogP contribution in [-0.4, -0.2) is 61.1 Å². The van der Waals surface area contributed by atoms with Crippen LogP contribution in [0.5, 0.6) is 11.5 Å². The van der Waals surface area contributed by atoms with Crippen molar-refractivity contribution in [2.75, 3.05) is 26.6 Å². The maximum Gasteiger partial charge on any atom is 0.322 e. The van der Waals surface area contributed by atoms with Gasteiger partial charge in [-0.05, 0) is 90.8 Å². The normalized spacial score (nSPS) is 12.0. The first-order valence-electron chi connectivity index (χ1n) is 14.0. The van der Waals surface area contributed by atoms with Gasteiger partial charge in [0.2, 0.25) is 16.0 Å². The fourth-order valence-corrected chi connectivity index (χ4v) is 6.02. The lowest BCUT2D eigenvalue weighted by atomic mass is 10.1. The number of aliphatic carboxylic acids is 1. The molecule has 4 aromatic carbocycles. The van der Waals surface area contributed by atoms with Crippen LogP contribution >= 0.6 is 0 Å². The number of benzene rings is 4. The topological polar surface area (TPSA) is 131 Å². The van der Waals surface area contributed by atoms with Crippen LogP contribution in [0.1, 0.15) is 5.56 Å². The molecular formula is C34H32N4O6S. The number of carboxylic acid groups (broad SMARTS) is 1. The van der Waals surface area contributed by atoms with E-state index >= 15 is 0 Å². The molecule has 0 unspecified atom stereocenters. The number of anilines is 2. The third-order valence-electron chi connectivity index (χ3n) is 7.28. The minimum atomic E-state index is -4.12. The number of likely N-dealkylation sites (N-methyl/N-ethyl adjacent to an activating group) is 1. The minimum absolute atomic E-state index is 0.0317. The van der Waals surface area contributed by atoms with E-state index in [9.17, 15) is 18.3 Å². The maximum atomic E-state index is 13.4. The molecule has 1 aromatic heterocycles. The molecule has 10 nitrogen and oxygen atoms in total. The van der Waals surface area contributed by atoms with Crippen molar-refractivity contribution in [1.82, 2.24) is 14.3 Å². The van der Waals surface area contributed by atoms with Gasteiger partial charge in [-0.15, -0.1) is 0 Å². The molecule has 45 heavy (non-hydrogen) atoms. The van der Waals surface area contributed by atoms with Crippen LogP contribution < -0.4 is 14.8 Å². The predicted molar refractivity (Wildman–Crippen MR) is 172 cm³/mol. The highest BCUT2D eigenvalue weighted by atomic mass is 32.2. The summed E-state index contributed by atoms with van der Waals surface area (Å²) in [6.45, 7) is 0. The highest BCUT2D eigenvalue weighted by Gasteiger charge is 2.33. The number of hydrogen-bond acceptors (Lipinski definition) is 8. The Bertz CT molecular complexity index is 1800. The van der Waals surface area contributed by atoms with E-state index in [1.165, 1.54) is 19.2 Å². The molecule has 1 atom stereocenters. The summed E-state index contributed by atoms with van der Waals surface area (Å²) in [6, 6.07) is 30.6. The van der Waals surface area contributed by atoms with Crippen LogP contribution in [0.2, 0.25) is 0 Å². The number of carboxylic acids is 1. The van der Waals surface area contributed by atoms with Crippen LogP contribution in [-0.2, 0) is 21.2 Å². The van der Waals surface area contributed by atoms with Crippen LogP contribution in [0.4, 0.5) is 11.6 Å². The standard InChI is InChI=1S/C34H32N4O6S/c1-38(32(33(39)40)21-23-7-5-4-6-8-23)45(41,42)29-19-13-26(14-20-29)35-34-36-30(24-9-15-27(43-2)16-10-24)22-31(37-34)25-11-17-28(44-3)18-12-25/h4-20,22,32H,21H2,1-3H3,(H,39,40)(H,35,36,37)/t32-/m0/s1. The number of hydrogen-bond donors (Lipinski definition) is 2. The average Bonchev–Trinajstić information content (AvgIpc) is 3.07. The molecule has 1 heterocycles. The molecule has 5 aromatic rings. The minimum Gasteiger partial charge on any atom is -0.497 e. The molecule has 2 N–H and O–H groups in total. The van der Waals surface area contributed by atoms with Gasteiger partial charge in [0.15, 0.2) is 0 Å². The Hall–Kier alpha value is -5.26. The first-order chi connectivity index (χ1) is 21.7. The summed E-state index contributed by atoms with van der Waals surface area (Å²) < 4.78 is 38.3. The average molecular weight is 625 g/mol. The second-order valence-electron chi connectivity index (χ2n) is 10.1. The molecule has 0 bridgehead atoms. The number of aromatic nitrogens is 2. The van der Waals surface area contributed by atoms with Crippen molar-refractivity contribution < 1.29 is 27.8 Å². The van der Waals surface area contributed by atoms with Gasteiger partial charge in [-0.1, -0.05) is 30.3 Å². The summed E-state index contributed by atoms with van der Waals surface area (Å²) in [7, 11) is 0.372. The van der Waals surface area contributed by atoms with E-state index in [1.54, 1.807) is 50.6 Å². The van der Waals surface area contributed by atoms with E-state index in [1.807, 2.05) is 60.7 Å². The second-order valence-corrected chi connectivity index (χ2v) is 12.1. The lowest BCUT2D eigenvalue weighted by molar-refractivity contribution is -0.141. The SMILES string of the molecule is COc1ccc(-c2cc(-c3ccc(OC)cc3)nc(Nc3ccc(S(=O)(=O)N(C)[C@@H](Cc4ccccc4)C(=O)O)cc3)n2)cc1. The van der Waals surface area contributed by atoms with E-state index in [4.69, 9.17) is 19.4 Å². The first kappa shape index (κ1) is 31.2. The number of nitrogens with zero attached hydrogens (tertiary/aromatic N) is 3. The summed E-state index contributed by atoms with van der Waals surface area (Å²) in [5.41, 5.74) is 4.30. The number of rotatable bonds is 12. The second kappa shape index (κ2) is 13.6. The number of nitrogens with one attached hydrogen (secondary N) is 1. The predicted octanol–water partition coefficient (Wildman–Crippen LogP) is 5.89. The summed E-state index contributed by atoms with van der Waals surface area (Å²) in [5, 5.41) is 13.0. The molecule has 0 saturated carbocycles. The van der Waals surface area contributed by atoms with Gasteiger partial charge < -0.3 is 19.9 Å². The molecule has 0 fully saturated rings. The summed E-state index contributed by atoms with van der Waals surface area (Å²) in [6.07, 6.45) is 0.0317. The van der Waals surface area contributed by atoms with Crippen molar-refractivity contribution in [1.29, 1.82) is 0 Å². The Kier molecular flexibility index (Phi) is 9.41. The third-order valence-corrected chi connectivity index (χ3v) is 9.16. The van der Waals surface area contributed by atoms with Crippen LogP contribution in [0, 0.1) is 0 Å². The van der Waals surface area contributed by atoms with Gasteiger partial charge in [0, 0.05) is 23.9 Å². The summed E-state index contributed by atoms with van der Waals surface area (Å²) in [5.74, 6) is 0.509. The highest BCUT2D eigenvalue weighted by Crippen LogP contribution is 2.29. The molecule has 230 valence electrons.